The van der Waals surface area contributed by atoms with Crippen LogP contribution in [0.4, 0.5) is 4.39 Å². The number of halogens is 1. The average Bonchev–Trinajstić information content (AvgIpc) is 2.47. The number of pyridine rings is 1. The summed E-state index contributed by atoms with van der Waals surface area (Å²) in [5, 5.41) is 9.31. The van der Waals surface area contributed by atoms with Crippen LogP contribution < -0.4 is 0 Å². The number of hydrogen-bond donors (Lipinski definition) is 1. The summed E-state index contributed by atoms with van der Waals surface area (Å²) in [6.07, 6.45) is 3.86. The summed E-state index contributed by atoms with van der Waals surface area (Å²) < 4.78 is 13.7. The Balaban J connectivity index is 2.17. The quantitative estimate of drug-likeness (QED) is 0.927. The molecule has 5 nitrogen and oxygen atoms in total. The predicted molar refractivity (Wildman–Crippen MR) is 74.2 cm³/mol. The van der Waals surface area contributed by atoms with Crippen LogP contribution in [0.1, 0.15) is 37.0 Å². The number of aromatic nitrogens is 1. The fourth-order valence-corrected chi connectivity index (χ4v) is 2.64. The molecule has 0 aliphatic carbocycles. The van der Waals surface area contributed by atoms with E-state index >= 15 is 0 Å². The van der Waals surface area contributed by atoms with E-state index in [2.05, 4.69) is 4.98 Å². The van der Waals surface area contributed by atoms with Crippen molar-refractivity contribution in [3.8, 4) is 0 Å². The first-order chi connectivity index (χ1) is 9.84. The number of carbonyl (C=O) groups is 2. The van der Waals surface area contributed by atoms with Gasteiger partial charge in [-0.15, -0.1) is 0 Å². The maximum absolute atomic E-state index is 13.7. The molecule has 114 valence electrons. The van der Waals surface area contributed by atoms with Crippen molar-refractivity contribution in [3.63, 3.8) is 0 Å². The monoisotopic (exact) mass is 294 g/mol. The van der Waals surface area contributed by atoms with Gasteiger partial charge in [-0.3, -0.25) is 14.6 Å². The Morgan fingerprint density at radius 2 is 2.19 bits per heavy atom. The van der Waals surface area contributed by atoms with Crippen molar-refractivity contribution in [1.82, 2.24) is 9.88 Å². The SMILES string of the molecule is CC(C)(C(=O)O)C1CCCN(C(=O)c2ccncc2F)C1. The number of amides is 1. The normalized spacial score (nSPS) is 19.4. The Morgan fingerprint density at radius 1 is 1.48 bits per heavy atom. The third-order valence-electron chi connectivity index (χ3n) is 4.28. The number of aliphatic carboxylic acids is 1. The maximum Gasteiger partial charge on any atom is 0.309 e. The van der Waals surface area contributed by atoms with E-state index in [9.17, 15) is 19.1 Å². The molecule has 1 atom stereocenters. The molecule has 2 rings (SSSR count). The van der Waals surface area contributed by atoms with Crippen molar-refractivity contribution in [2.24, 2.45) is 11.3 Å². The van der Waals surface area contributed by atoms with Crippen LogP contribution in [0, 0.1) is 17.2 Å². The molecule has 1 unspecified atom stereocenters. The van der Waals surface area contributed by atoms with Gasteiger partial charge in [0, 0.05) is 19.3 Å². The fraction of sp³-hybridized carbons (Fsp3) is 0.533. The highest BCUT2D eigenvalue weighted by Crippen LogP contribution is 2.34. The first-order valence-electron chi connectivity index (χ1n) is 6.96. The molecule has 0 aromatic carbocycles. The number of carboxylic acids is 1. The number of nitrogens with zero attached hydrogens (tertiary/aromatic N) is 2. The lowest BCUT2D eigenvalue weighted by molar-refractivity contribution is -0.151. The third-order valence-corrected chi connectivity index (χ3v) is 4.28. The molecule has 1 aromatic heterocycles. The van der Waals surface area contributed by atoms with Gasteiger partial charge in [-0.05, 0) is 38.7 Å². The van der Waals surface area contributed by atoms with Crippen molar-refractivity contribution in [2.75, 3.05) is 13.1 Å². The first-order valence-corrected chi connectivity index (χ1v) is 6.96. The molecule has 1 fully saturated rings. The molecule has 1 aromatic rings. The molecular weight excluding hydrogens is 275 g/mol. The zero-order valence-corrected chi connectivity index (χ0v) is 12.2. The number of hydrogen-bond acceptors (Lipinski definition) is 3. The van der Waals surface area contributed by atoms with E-state index < -0.39 is 23.1 Å². The van der Waals surface area contributed by atoms with E-state index in [1.54, 1.807) is 13.8 Å². The van der Waals surface area contributed by atoms with Crippen LogP contribution in [0.25, 0.3) is 0 Å². The van der Waals surface area contributed by atoms with Crippen LogP contribution in [0.5, 0.6) is 0 Å². The lowest BCUT2D eigenvalue weighted by atomic mass is 9.74. The minimum atomic E-state index is -0.907. The summed E-state index contributed by atoms with van der Waals surface area (Å²) in [4.78, 5) is 28.9. The topological polar surface area (TPSA) is 70.5 Å². The summed E-state index contributed by atoms with van der Waals surface area (Å²) in [7, 11) is 0. The number of likely N-dealkylation sites (tertiary alicyclic amines) is 1. The van der Waals surface area contributed by atoms with E-state index in [0.717, 1.165) is 19.0 Å². The van der Waals surface area contributed by atoms with Gasteiger partial charge < -0.3 is 10.0 Å². The summed E-state index contributed by atoms with van der Waals surface area (Å²) in [5.41, 5.74) is -0.922. The van der Waals surface area contributed by atoms with Crippen molar-refractivity contribution in [3.05, 3.63) is 29.8 Å². The third kappa shape index (κ3) is 3.04. The summed E-state index contributed by atoms with van der Waals surface area (Å²) in [6.45, 7) is 4.19. The molecular formula is C15H19FN2O3. The highest BCUT2D eigenvalue weighted by atomic mass is 19.1. The van der Waals surface area contributed by atoms with Gasteiger partial charge in [0.25, 0.3) is 5.91 Å². The van der Waals surface area contributed by atoms with Gasteiger partial charge in [-0.2, -0.15) is 0 Å². The van der Waals surface area contributed by atoms with Crippen LogP contribution in [0.3, 0.4) is 0 Å². The van der Waals surface area contributed by atoms with Gasteiger partial charge in [0.1, 0.15) is 0 Å². The lowest BCUT2D eigenvalue weighted by Gasteiger charge is -2.39. The number of piperidine rings is 1. The molecule has 21 heavy (non-hydrogen) atoms. The summed E-state index contributed by atoms with van der Waals surface area (Å²) in [6, 6.07) is 1.35. The average molecular weight is 294 g/mol. The van der Waals surface area contributed by atoms with Crippen LogP contribution in [0.15, 0.2) is 18.5 Å². The Bertz CT molecular complexity index is 560. The van der Waals surface area contributed by atoms with E-state index in [1.165, 1.54) is 17.2 Å². The molecule has 0 bridgehead atoms. The van der Waals surface area contributed by atoms with Gasteiger partial charge in [0.15, 0.2) is 5.82 Å². The number of carbonyl (C=O) groups excluding carboxylic acids is 1. The van der Waals surface area contributed by atoms with Gasteiger partial charge in [-0.25, -0.2) is 4.39 Å². The molecule has 1 N–H and O–H groups in total. The van der Waals surface area contributed by atoms with E-state index in [4.69, 9.17) is 0 Å². The zero-order chi connectivity index (χ0) is 15.6. The molecule has 1 aliphatic rings. The molecule has 0 spiro atoms. The van der Waals surface area contributed by atoms with Gasteiger partial charge >= 0.3 is 5.97 Å². The summed E-state index contributed by atoms with van der Waals surface area (Å²) >= 11 is 0. The van der Waals surface area contributed by atoms with Gasteiger partial charge in [0.2, 0.25) is 0 Å². The Morgan fingerprint density at radius 3 is 2.81 bits per heavy atom. The minimum Gasteiger partial charge on any atom is -0.481 e. The lowest BCUT2D eigenvalue weighted by Crippen LogP contribution is -2.47. The highest BCUT2D eigenvalue weighted by molar-refractivity contribution is 5.94. The second kappa shape index (κ2) is 5.79. The zero-order valence-electron chi connectivity index (χ0n) is 12.2. The van der Waals surface area contributed by atoms with Crippen molar-refractivity contribution < 1.29 is 19.1 Å². The second-order valence-corrected chi connectivity index (χ2v) is 5.97. The minimum absolute atomic E-state index is 0.0150. The smallest absolute Gasteiger partial charge is 0.309 e. The van der Waals surface area contributed by atoms with E-state index in [-0.39, 0.29) is 11.5 Å². The maximum atomic E-state index is 13.7. The Kier molecular flexibility index (Phi) is 4.25. The van der Waals surface area contributed by atoms with Crippen LogP contribution >= 0.6 is 0 Å². The van der Waals surface area contributed by atoms with Gasteiger partial charge in [0.05, 0.1) is 17.2 Å². The second-order valence-electron chi connectivity index (χ2n) is 5.97. The largest absolute Gasteiger partial charge is 0.481 e. The van der Waals surface area contributed by atoms with Gasteiger partial charge in [-0.1, -0.05) is 0 Å². The van der Waals surface area contributed by atoms with E-state index in [1.807, 2.05) is 0 Å². The molecule has 0 saturated carbocycles. The Hall–Kier alpha value is -1.98. The number of rotatable bonds is 3. The highest BCUT2D eigenvalue weighted by Gasteiger charge is 2.40. The Labute approximate surface area is 122 Å². The van der Waals surface area contributed by atoms with Crippen LogP contribution in [-0.2, 0) is 4.79 Å². The molecule has 2 heterocycles. The standard InChI is InChI=1S/C15H19FN2O3/c1-15(2,14(20)21)10-4-3-7-18(9-10)13(19)11-5-6-17-8-12(11)16/h5-6,8,10H,3-4,7,9H2,1-2H3,(H,20,21). The summed E-state index contributed by atoms with van der Waals surface area (Å²) in [5.74, 6) is -2.07. The molecule has 1 amide bonds. The predicted octanol–water partition coefficient (Wildman–Crippen LogP) is 2.18. The van der Waals surface area contributed by atoms with Crippen LogP contribution in [0.2, 0.25) is 0 Å². The fourth-order valence-electron chi connectivity index (χ4n) is 2.64. The molecule has 1 saturated heterocycles. The first kappa shape index (κ1) is 15.4. The molecule has 0 radical (unpaired) electrons. The molecule has 6 heteroatoms. The van der Waals surface area contributed by atoms with E-state index in [0.29, 0.717) is 13.1 Å². The van der Waals surface area contributed by atoms with Crippen LogP contribution in [-0.4, -0.2) is 40.0 Å². The van der Waals surface area contributed by atoms with Crippen molar-refractivity contribution >= 4 is 11.9 Å². The number of carboxylic acid groups (broad SMARTS) is 1. The van der Waals surface area contributed by atoms with Crippen molar-refractivity contribution in [2.45, 2.75) is 26.7 Å². The van der Waals surface area contributed by atoms with Crippen molar-refractivity contribution in [1.29, 1.82) is 0 Å². The molecule has 1 aliphatic heterocycles.